The van der Waals surface area contributed by atoms with Gasteiger partial charge >= 0.3 is 0 Å². The molecule has 2 aliphatic rings. The summed E-state index contributed by atoms with van der Waals surface area (Å²) in [7, 11) is 5.81. The van der Waals surface area contributed by atoms with Crippen LogP contribution in [-0.2, 0) is 0 Å². The van der Waals surface area contributed by atoms with E-state index >= 15 is 0 Å². The highest BCUT2D eigenvalue weighted by atomic mass is 16.5. The van der Waals surface area contributed by atoms with Crippen LogP contribution in [0.4, 0.5) is 5.69 Å². The lowest BCUT2D eigenvalue weighted by atomic mass is 10.0. The molecule has 7 heteroatoms. The number of aliphatic imine (C=N–C) groups is 1. The molecule has 1 aromatic carbocycles. The summed E-state index contributed by atoms with van der Waals surface area (Å²) in [6, 6.07) is 9.15. The van der Waals surface area contributed by atoms with E-state index in [-0.39, 0.29) is 0 Å². The van der Waals surface area contributed by atoms with E-state index in [1.54, 1.807) is 7.11 Å². The molecule has 7 nitrogen and oxygen atoms in total. The molecule has 2 N–H and O–H groups in total. The van der Waals surface area contributed by atoms with E-state index in [0.717, 1.165) is 63.9 Å². The van der Waals surface area contributed by atoms with Crippen molar-refractivity contribution in [3.8, 4) is 5.75 Å². The van der Waals surface area contributed by atoms with Crippen molar-refractivity contribution >= 4 is 11.6 Å². The molecular formula is C23H40N6O. The number of nitrogens with zero attached hydrogens (tertiary/aromatic N) is 4. The van der Waals surface area contributed by atoms with Crippen LogP contribution < -0.4 is 20.3 Å². The van der Waals surface area contributed by atoms with E-state index in [9.17, 15) is 0 Å². The molecule has 1 aromatic rings. The maximum absolute atomic E-state index is 5.54. The number of ether oxygens (including phenoxy) is 1. The van der Waals surface area contributed by atoms with Gasteiger partial charge in [-0.15, -0.1) is 0 Å². The maximum Gasteiger partial charge on any atom is 0.191 e. The number of para-hydroxylation sites is 2. The van der Waals surface area contributed by atoms with Gasteiger partial charge in [-0.05, 0) is 31.5 Å². The topological polar surface area (TPSA) is 55.4 Å². The number of nitrogens with one attached hydrogen (secondary N) is 2. The number of rotatable bonds is 7. The molecule has 0 amide bonds. The van der Waals surface area contributed by atoms with Crippen LogP contribution in [0.5, 0.6) is 5.75 Å². The van der Waals surface area contributed by atoms with Crippen molar-refractivity contribution in [3.63, 3.8) is 0 Å². The second kappa shape index (κ2) is 10.9. The Hall–Kier alpha value is -1.99. The van der Waals surface area contributed by atoms with E-state index in [1.165, 1.54) is 5.69 Å². The van der Waals surface area contributed by atoms with E-state index in [2.05, 4.69) is 63.4 Å². The SMILES string of the molecule is CN=C(NCC(C(C)C)N1CCN(C)CC1)NC1CCN(c2ccccc2OC)C1. The fourth-order valence-corrected chi connectivity index (χ4v) is 4.52. The van der Waals surface area contributed by atoms with Crippen LogP contribution in [0.25, 0.3) is 0 Å². The van der Waals surface area contributed by atoms with Gasteiger partial charge in [0.15, 0.2) is 5.96 Å². The fourth-order valence-electron chi connectivity index (χ4n) is 4.52. The second-order valence-electron chi connectivity index (χ2n) is 8.85. The summed E-state index contributed by atoms with van der Waals surface area (Å²) in [5.41, 5.74) is 1.17. The molecule has 168 valence electrons. The van der Waals surface area contributed by atoms with Crippen molar-refractivity contribution < 1.29 is 4.74 Å². The molecule has 0 radical (unpaired) electrons. The van der Waals surface area contributed by atoms with Gasteiger partial charge in [-0.3, -0.25) is 9.89 Å². The molecule has 2 atom stereocenters. The normalized spacial score (nSPS) is 22.4. The molecule has 0 spiro atoms. The molecule has 2 unspecified atom stereocenters. The number of piperazine rings is 1. The van der Waals surface area contributed by atoms with Gasteiger partial charge < -0.3 is 25.2 Å². The smallest absolute Gasteiger partial charge is 0.191 e. The van der Waals surface area contributed by atoms with Crippen molar-refractivity contribution in [2.24, 2.45) is 10.9 Å². The van der Waals surface area contributed by atoms with Crippen LogP contribution in [0, 0.1) is 5.92 Å². The highest BCUT2D eigenvalue weighted by molar-refractivity contribution is 5.80. The molecule has 0 aliphatic carbocycles. The molecule has 2 heterocycles. The van der Waals surface area contributed by atoms with E-state index in [1.807, 2.05) is 19.2 Å². The molecule has 2 aliphatic heterocycles. The minimum absolute atomic E-state index is 0.377. The Morgan fingerprint density at radius 1 is 1.17 bits per heavy atom. The van der Waals surface area contributed by atoms with Gasteiger partial charge in [0, 0.05) is 64.9 Å². The summed E-state index contributed by atoms with van der Waals surface area (Å²) in [5.74, 6) is 2.45. The van der Waals surface area contributed by atoms with Gasteiger partial charge in [0.05, 0.1) is 12.8 Å². The minimum atomic E-state index is 0.377. The highest BCUT2D eigenvalue weighted by Crippen LogP contribution is 2.30. The van der Waals surface area contributed by atoms with Crippen molar-refractivity contribution in [1.82, 2.24) is 20.4 Å². The standard InChI is InChI=1S/C23H40N6O/c1-18(2)21(28-14-12-27(4)13-15-28)16-25-23(24-3)26-19-10-11-29(17-19)20-8-6-7-9-22(20)30-5/h6-9,18-19,21H,10-17H2,1-5H3,(H2,24,25,26). The van der Waals surface area contributed by atoms with Gasteiger partial charge in [0.1, 0.15) is 5.75 Å². The predicted octanol–water partition coefficient (Wildman–Crippen LogP) is 1.71. The lowest BCUT2D eigenvalue weighted by Crippen LogP contribution is -2.55. The van der Waals surface area contributed by atoms with Crippen molar-refractivity contribution in [1.29, 1.82) is 0 Å². The average Bonchev–Trinajstić information content (AvgIpc) is 3.22. The monoisotopic (exact) mass is 416 g/mol. The number of hydrogen-bond donors (Lipinski definition) is 2. The lowest BCUT2D eigenvalue weighted by molar-refractivity contribution is 0.0900. The van der Waals surface area contributed by atoms with Crippen molar-refractivity contribution in [2.75, 3.05) is 71.9 Å². The first kappa shape index (κ1) is 22.7. The first-order chi connectivity index (χ1) is 14.5. The van der Waals surface area contributed by atoms with Crippen LogP contribution >= 0.6 is 0 Å². The summed E-state index contributed by atoms with van der Waals surface area (Å²) < 4.78 is 5.54. The first-order valence-electron chi connectivity index (χ1n) is 11.3. The molecule has 2 fully saturated rings. The molecule has 0 aromatic heterocycles. The Balaban J connectivity index is 1.52. The van der Waals surface area contributed by atoms with E-state index < -0.39 is 0 Å². The number of hydrogen-bond acceptors (Lipinski definition) is 5. The number of likely N-dealkylation sites (N-methyl/N-ethyl adjacent to an activating group) is 1. The number of benzene rings is 1. The summed E-state index contributed by atoms with van der Waals surface area (Å²) >= 11 is 0. The minimum Gasteiger partial charge on any atom is -0.495 e. The number of methoxy groups -OCH3 is 1. The Labute approximate surface area is 182 Å². The van der Waals surface area contributed by atoms with Gasteiger partial charge in [0.25, 0.3) is 0 Å². The van der Waals surface area contributed by atoms with E-state index in [0.29, 0.717) is 18.0 Å². The Morgan fingerprint density at radius 2 is 1.90 bits per heavy atom. The van der Waals surface area contributed by atoms with Crippen molar-refractivity contribution in [2.45, 2.75) is 32.4 Å². The third-order valence-corrected chi connectivity index (χ3v) is 6.43. The first-order valence-corrected chi connectivity index (χ1v) is 11.3. The largest absolute Gasteiger partial charge is 0.495 e. The zero-order chi connectivity index (χ0) is 21.5. The molecule has 30 heavy (non-hydrogen) atoms. The Kier molecular flexibility index (Phi) is 8.22. The van der Waals surface area contributed by atoms with Gasteiger partial charge in [-0.2, -0.15) is 0 Å². The number of anilines is 1. The second-order valence-corrected chi connectivity index (χ2v) is 8.85. The van der Waals surface area contributed by atoms with Crippen LogP contribution in [0.1, 0.15) is 20.3 Å². The molecule has 3 rings (SSSR count). The van der Waals surface area contributed by atoms with Gasteiger partial charge in [-0.25, -0.2) is 0 Å². The van der Waals surface area contributed by atoms with Crippen LogP contribution in [0.15, 0.2) is 29.3 Å². The summed E-state index contributed by atoms with van der Waals surface area (Å²) in [5, 5.41) is 7.24. The maximum atomic E-state index is 5.54. The van der Waals surface area contributed by atoms with E-state index in [4.69, 9.17) is 4.74 Å². The van der Waals surface area contributed by atoms with Gasteiger partial charge in [0.2, 0.25) is 0 Å². The van der Waals surface area contributed by atoms with Gasteiger partial charge in [-0.1, -0.05) is 26.0 Å². The highest BCUT2D eigenvalue weighted by Gasteiger charge is 2.27. The molecule has 0 bridgehead atoms. The third-order valence-electron chi connectivity index (χ3n) is 6.43. The van der Waals surface area contributed by atoms with Crippen LogP contribution in [-0.4, -0.2) is 94.9 Å². The average molecular weight is 417 g/mol. The Morgan fingerprint density at radius 3 is 2.57 bits per heavy atom. The summed E-state index contributed by atoms with van der Waals surface area (Å²) in [6.07, 6.45) is 1.09. The quantitative estimate of drug-likeness (QED) is 0.521. The summed E-state index contributed by atoms with van der Waals surface area (Å²) in [4.78, 5) is 11.9. The zero-order valence-corrected chi connectivity index (χ0v) is 19.4. The summed E-state index contributed by atoms with van der Waals surface area (Å²) in [6.45, 7) is 12.1. The molecular weight excluding hydrogens is 376 g/mol. The van der Waals surface area contributed by atoms with Crippen LogP contribution in [0.3, 0.4) is 0 Å². The fraction of sp³-hybridized carbons (Fsp3) is 0.696. The Bertz CT molecular complexity index is 686. The lowest BCUT2D eigenvalue weighted by Gasteiger charge is -2.40. The molecule has 2 saturated heterocycles. The third kappa shape index (κ3) is 5.79. The van der Waals surface area contributed by atoms with Crippen molar-refractivity contribution in [3.05, 3.63) is 24.3 Å². The predicted molar refractivity (Wildman–Crippen MR) is 126 cm³/mol. The molecule has 0 saturated carbocycles. The zero-order valence-electron chi connectivity index (χ0n) is 19.4. The van der Waals surface area contributed by atoms with Crippen LogP contribution in [0.2, 0.25) is 0 Å². The number of guanidine groups is 1.